The molecule has 0 radical (unpaired) electrons. The molecule has 0 rings (SSSR count). The summed E-state index contributed by atoms with van der Waals surface area (Å²) in [6.45, 7) is 6.51. The van der Waals surface area contributed by atoms with E-state index in [1.807, 2.05) is 0 Å². The number of carbonyl (C=O) groups is 3. The Morgan fingerprint density at radius 3 is 0.863 bits per heavy atom. The lowest BCUT2D eigenvalue weighted by Crippen LogP contribution is -2.30. The number of carbonyl (C=O) groups excluding carboxylic acids is 3. The minimum atomic E-state index is -0.795. The fourth-order valence-corrected chi connectivity index (χ4v) is 8.69. The van der Waals surface area contributed by atoms with E-state index >= 15 is 0 Å². The smallest absolute Gasteiger partial charge is 0.306 e. The van der Waals surface area contributed by atoms with E-state index in [1.165, 1.54) is 167 Å². The Kier molecular flexibility index (Phi) is 58.3. The maximum Gasteiger partial charge on any atom is 0.306 e. The summed E-state index contributed by atoms with van der Waals surface area (Å²) < 4.78 is 16.9. The zero-order valence-electron chi connectivity index (χ0n) is 48.1. The fraction of sp³-hybridized carbons (Fsp3) is 0.746. The Balaban J connectivity index is 4.44. The second kappa shape index (κ2) is 61.1. The van der Waals surface area contributed by atoms with E-state index < -0.39 is 6.10 Å². The van der Waals surface area contributed by atoms with Gasteiger partial charge in [0.05, 0.1) is 0 Å². The molecule has 0 unspecified atom stereocenters. The van der Waals surface area contributed by atoms with Crippen LogP contribution in [-0.4, -0.2) is 37.2 Å². The van der Waals surface area contributed by atoms with Gasteiger partial charge in [-0.15, -0.1) is 0 Å². The molecule has 0 aliphatic heterocycles. The molecule has 0 aliphatic carbocycles. The minimum absolute atomic E-state index is 0.0893. The summed E-state index contributed by atoms with van der Waals surface area (Å²) in [5, 5.41) is 0. The molecule has 0 aliphatic rings. The van der Waals surface area contributed by atoms with Crippen LogP contribution in [0.5, 0.6) is 0 Å². The predicted octanol–water partition coefficient (Wildman–Crippen LogP) is 21.1. The first-order valence-corrected chi connectivity index (χ1v) is 31.1. The van der Waals surface area contributed by atoms with Crippen molar-refractivity contribution >= 4 is 17.9 Å². The van der Waals surface area contributed by atoms with Crippen LogP contribution in [0.15, 0.2) is 85.1 Å². The van der Waals surface area contributed by atoms with Gasteiger partial charge in [0.25, 0.3) is 0 Å². The molecule has 0 saturated heterocycles. The van der Waals surface area contributed by atoms with Crippen LogP contribution in [0.3, 0.4) is 0 Å². The van der Waals surface area contributed by atoms with E-state index in [0.29, 0.717) is 19.3 Å². The maximum atomic E-state index is 12.9. The number of unbranched alkanes of at least 4 members (excludes halogenated alkanes) is 31. The number of hydrogen-bond acceptors (Lipinski definition) is 6. The van der Waals surface area contributed by atoms with Crippen molar-refractivity contribution in [2.24, 2.45) is 0 Å². The van der Waals surface area contributed by atoms with Crippen molar-refractivity contribution < 1.29 is 28.6 Å². The highest BCUT2D eigenvalue weighted by Crippen LogP contribution is 2.16. The van der Waals surface area contributed by atoms with Gasteiger partial charge in [0.1, 0.15) is 13.2 Å². The van der Waals surface area contributed by atoms with E-state index in [-0.39, 0.29) is 31.1 Å². The molecular weight excluding hydrogens is 901 g/mol. The number of allylic oxidation sites excluding steroid dienone is 14. The summed E-state index contributed by atoms with van der Waals surface area (Å²) in [6.07, 6.45) is 80.0. The first-order valence-electron chi connectivity index (χ1n) is 31.1. The number of esters is 3. The number of hydrogen-bond donors (Lipinski definition) is 0. The van der Waals surface area contributed by atoms with Gasteiger partial charge >= 0.3 is 17.9 Å². The Bertz CT molecular complexity index is 1400. The predicted molar refractivity (Wildman–Crippen MR) is 316 cm³/mol. The lowest BCUT2D eigenvalue weighted by molar-refractivity contribution is -0.167. The zero-order valence-corrected chi connectivity index (χ0v) is 48.1. The van der Waals surface area contributed by atoms with Gasteiger partial charge in [-0.2, -0.15) is 0 Å². The van der Waals surface area contributed by atoms with Crippen LogP contribution in [-0.2, 0) is 28.6 Å². The van der Waals surface area contributed by atoms with Gasteiger partial charge in [-0.25, -0.2) is 0 Å². The molecule has 0 heterocycles. The molecule has 0 spiro atoms. The SMILES string of the molecule is CC/C=C\C/C=C\C/C=C\C/C=C\C/C=C\CCCCCC(=O)OC[C@@H](COC(=O)CCCCCCCCC/C=C\CCCCCCCC)OC(=O)CCCCCCCCCCC/C=C\CCCCCCCC. The Morgan fingerprint density at radius 2 is 0.534 bits per heavy atom. The van der Waals surface area contributed by atoms with Crippen LogP contribution in [0.25, 0.3) is 0 Å². The summed E-state index contributed by atoms with van der Waals surface area (Å²) in [5.41, 5.74) is 0. The van der Waals surface area contributed by atoms with Crippen LogP contribution in [0.1, 0.15) is 303 Å². The first kappa shape index (κ1) is 69.6. The molecule has 0 saturated carbocycles. The summed E-state index contributed by atoms with van der Waals surface area (Å²) in [7, 11) is 0. The molecule has 0 amide bonds. The quantitative estimate of drug-likeness (QED) is 0.0261. The van der Waals surface area contributed by atoms with E-state index in [2.05, 4.69) is 106 Å². The topological polar surface area (TPSA) is 78.9 Å². The van der Waals surface area contributed by atoms with Gasteiger partial charge in [-0.05, 0) is 116 Å². The van der Waals surface area contributed by atoms with Crippen molar-refractivity contribution in [3.05, 3.63) is 85.1 Å². The molecule has 6 nitrogen and oxygen atoms in total. The van der Waals surface area contributed by atoms with Gasteiger partial charge in [0, 0.05) is 19.3 Å². The van der Waals surface area contributed by atoms with Crippen molar-refractivity contribution in [1.29, 1.82) is 0 Å². The van der Waals surface area contributed by atoms with Crippen molar-refractivity contribution in [1.82, 2.24) is 0 Å². The number of ether oxygens (including phenoxy) is 3. The van der Waals surface area contributed by atoms with Crippen LogP contribution in [0, 0.1) is 0 Å². The van der Waals surface area contributed by atoms with Crippen molar-refractivity contribution in [2.45, 2.75) is 309 Å². The van der Waals surface area contributed by atoms with Gasteiger partial charge in [-0.3, -0.25) is 14.4 Å². The van der Waals surface area contributed by atoms with Gasteiger partial charge in [0.2, 0.25) is 0 Å². The molecule has 73 heavy (non-hydrogen) atoms. The summed E-state index contributed by atoms with van der Waals surface area (Å²) >= 11 is 0. The average Bonchev–Trinajstić information content (AvgIpc) is 3.39. The molecule has 0 fully saturated rings. The monoisotopic (exact) mass is 1020 g/mol. The van der Waals surface area contributed by atoms with Crippen molar-refractivity contribution in [2.75, 3.05) is 13.2 Å². The van der Waals surface area contributed by atoms with E-state index in [9.17, 15) is 14.4 Å². The molecule has 0 aromatic carbocycles. The summed E-state index contributed by atoms with van der Waals surface area (Å²) in [4.78, 5) is 38.3. The lowest BCUT2D eigenvalue weighted by Gasteiger charge is -2.18. The fourth-order valence-electron chi connectivity index (χ4n) is 8.69. The lowest BCUT2D eigenvalue weighted by atomic mass is 10.1. The summed E-state index contributed by atoms with van der Waals surface area (Å²) in [6, 6.07) is 0. The first-order chi connectivity index (χ1) is 36.0. The highest BCUT2D eigenvalue weighted by Gasteiger charge is 2.19. The van der Waals surface area contributed by atoms with E-state index in [4.69, 9.17) is 14.2 Å². The molecule has 0 N–H and O–H groups in total. The Labute approximate surface area is 452 Å². The molecule has 0 aromatic heterocycles. The normalized spacial score (nSPS) is 12.6. The second-order valence-corrected chi connectivity index (χ2v) is 20.6. The van der Waals surface area contributed by atoms with Crippen LogP contribution in [0.2, 0.25) is 0 Å². The third kappa shape index (κ3) is 59.3. The maximum absolute atomic E-state index is 12.9. The van der Waals surface area contributed by atoms with Gasteiger partial charge in [-0.1, -0.05) is 254 Å². The largest absolute Gasteiger partial charge is 0.462 e. The molecule has 6 heteroatoms. The van der Waals surface area contributed by atoms with Crippen LogP contribution in [0.4, 0.5) is 0 Å². The third-order valence-corrected chi connectivity index (χ3v) is 13.4. The molecule has 0 bridgehead atoms. The molecular formula is C67H116O6. The highest BCUT2D eigenvalue weighted by molar-refractivity contribution is 5.71. The van der Waals surface area contributed by atoms with E-state index in [1.54, 1.807) is 0 Å². The Morgan fingerprint density at radius 1 is 0.288 bits per heavy atom. The third-order valence-electron chi connectivity index (χ3n) is 13.4. The average molecular weight is 1020 g/mol. The number of rotatable bonds is 56. The van der Waals surface area contributed by atoms with Crippen molar-refractivity contribution in [3.8, 4) is 0 Å². The molecule has 1 atom stereocenters. The van der Waals surface area contributed by atoms with Gasteiger partial charge in [0.15, 0.2) is 6.10 Å². The Hall–Kier alpha value is -3.41. The second-order valence-electron chi connectivity index (χ2n) is 20.6. The van der Waals surface area contributed by atoms with Gasteiger partial charge < -0.3 is 14.2 Å². The molecule has 420 valence electrons. The van der Waals surface area contributed by atoms with Crippen LogP contribution >= 0.6 is 0 Å². The summed E-state index contributed by atoms with van der Waals surface area (Å²) in [5.74, 6) is -0.918. The minimum Gasteiger partial charge on any atom is -0.462 e. The van der Waals surface area contributed by atoms with Crippen molar-refractivity contribution in [3.63, 3.8) is 0 Å². The molecule has 0 aromatic rings. The van der Waals surface area contributed by atoms with Crippen LogP contribution < -0.4 is 0 Å². The zero-order chi connectivity index (χ0) is 52.9. The highest BCUT2D eigenvalue weighted by atomic mass is 16.6. The standard InChI is InChI=1S/C67H116O6/c1-4-7-10-13-16-19-22-25-28-31-33-36-39-42-45-48-51-54-57-60-66(69)72-63-64(62-71-65(68)59-56-53-50-47-44-41-38-35-30-27-24-21-18-15-12-9-6-3)73-67(70)61-58-55-52-49-46-43-40-37-34-32-29-26-23-20-17-14-11-8-5-2/h7,10,16,19,25-30,33,36,42,45,64H,4-6,8-9,11-15,17-18,20-24,31-32,34-35,37-41,43-44,46-63H2,1-3H3/b10-7-,19-16-,28-25-,29-26-,30-27-,36-33-,45-42-/t64-/m1/s1. The van der Waals surface area contributed by atoms with E-state index in [0.717, 1.165) is 96.3 Å².